The topological polar surface area (TPSA) is 58.6 Å². The van der Waals surface area contributed by atoms with E-state index in [1.165, 1.54) is 22.3 Å². The van der Waals surface area contributed by atoms with Crippen molar-refractivity contribution in [1.82, 2.24) is 4.90 Å². The number of hydrogen-bond acceptors (Lipinski definition) is 3. The monoisotopic (exact) mass is 490 g/mol. The van der Waals surface area contributed by atoms with Gasteiger partial charge in [-0.25, -0.2) is 4.79 Å². The highest BCUT2D eigenvalue weighted by atomic mass is 79.9. The zero-order chi connectivity index (χ0) is 22.1. The second-order valence-electron chi connectivity index (χ2n) is 8.12. The number of rotatable bonds is 4. The second kappa shape index (κ2) is 8.79. The third-order valence-corrected chi connectivity index (χ3v) is 6.95. The van der Waals surface area contributed by atoms with Gasteiger partial charge in [0, 0.05) is 16.9 Å². The molecule has 3 aromatic carbocycles. The van der Waals surface area contributed by atoms with Gasteiger partial charge in [-0.3, -0.25) is 9.69 Å². The Morgan fingerprint density at radius 1 is 0.938 bits per heavy atom. The summed E-state index contributed by atoms with van der Waals surface area (Å²) in [6, 6.07) is 23.4. The predicted octanol–water partition coefficient (Wildman–Crippen LogP) is 5.80. The SMILES string of the molecule is O=C(Nc1ccccc1Br)[C@@H]1CCCN1C(=O)OCC1c2ccccc2-c2ccccc21. The smallest absolute Gasteiger partial charge is 0.410 e. The van der Waals surface area contributed by atoms with E-state index in [1.54, 1.807) is 4.90 Å². The minimum absolute atomic E-state index is 0.00139. The summed E-state index contributed by atoms with van der Waals surface area (Å²) in [6.45, 7) is 0.770. The molecule has 1 saturated heterocycles. The average molecular weight is 491 g/mol. The molecular formula is C26H23BrN2O3. The Balaban J connectivity index is 1.28. The summed E-state index contributed by atoms with van der Waals surface area (Å²) in [6.07, 6.45) is 0.968. The van der Waals surface area contributed by atoms with Crippen molar-refractivity contribution in [1.29, 1.82) is 0 Å². The average Bonchev–Trinajstić information content (AvgIpc) is 3.43. The summed E-state index contributed by atoms with van der Waals surface area (Å²) in [5, 5.41) is 2.92. The molecule has 3 aromatic rings. The number of ether oxygens (including phenoxy) is 1. The van der Waals surface area contributed by atoms with Gasteiger partial charge >= 0.3 is 6.09 Å². The van der Waals surface area contributed by atoms with E-state index in [1.807, 2.05) is 48.5 Å². The number of fused-ring (bicyclic) bond motifs is 3. The summed E-state index contributed by atoms with van der Waals surface area (Å²) in [7, 11) is 0. The first-order valence-corrected chi connectivity index (χ1v) is 11.6. The molecule has 1 fully saturated rings. The van der Waals surface area contributed by atoms with E-state index in [2.05, 4.69) is 45.5 Å². The fourth-order valence-electron chi connectivity index (χ4n) is 4.71. The maximum absolute atomic E-state index is 13.0. The zero-order valence-corrected chi connectivity index (χ0v) is 19.0. The fourth-order valence-corrected chi connectivity index (χ4v) is 5.10. The first-order valence-electron chi connectivity index (χ1n) is 10.8. The minimum atomic E-state index is -0.530. The van der Waals surface area contributed by atoms with E-state index >= 15 is 0 Å². The van der Waals surface area contributed by atoms with Crippen LogP contribution in [0.1, 0.15) is 29.9 Å². The van der Waals surface area contributed by atoms with Crippen LogP contribution in [0.5, 0.6) is 0 Å². The first kappa shape index (κ1) is 20.8. The van der Waals surface area contributed by atoms with Crippen molar-refractivity contribution < 1.29 is 14.3 Å². The van der Waals surface area contributed by atoms with Crippen LogP contribution in [0.25, 0.3) is 11.1 Å². The van der Waals surface area contributed by atoms with Gasteiger partial charge in [0.2, 0.25) is 5.91 Å². The Kier molecular flexibility index (Phi) is 5.70. The van der Waals surface area contributed by atoms with Gasteiger partial charge in [-0.2, -0.15) is 0 Å². The first-order chi connectivity index (χ1) is 15.6. The molecular weight excluding hydrogens is 468 g/mol. The Hall–Kier alpha value is -3.12. The second-order valence-corrected chi connectivity index (χ2v) is 8.98. The van der Waals surface area contributed by atoms with Gasteiger partial charge in [0.25, 0.3) is 0 Å². The lowest BCUT2D eigenvalue weighted by Crippen LogP contribution is -2.43. The highest BCUT2D eigenvalue weighted by Crippen LogP contribution is 2.44. The number of halogens is 1. The number of hydrogen-bond donors (Lipinski definition) is 1. The molecule has 5 rings (SSSR count). The number of nitrogens with one attached hydrogen (secondary N) is 1. The molecule has 5 nitrogen and oxygen atoms in total. The van der Waals surface area contributed by atoms with Crippen LogP contribution in [-0.2, 0) is 9.53 Å². The lowest BCUT2D eigenvalue weighted by molar-refractivity contribution is -0.120. The molecule has 0 aromatic heterocycles. The van der Waals surface area contributed by atoms with Crippen molar-refractivity contribution in [3.8, 4) is 11.1 Å². The van der Waals surface area contributed by atoms with Crippen molar-refractivity contribution in [3.63, 3.8) is 0 Å². The lowest BCUT2D eigenvalue weighted by atomic mass is 9.98. The van der Waals surface area contributed by atoms with Crippen LogP contribution in [0.3, 0.4) is 0 Å². The van der Waals surface area contributed by atoms with Crippen molar-refractivity contribution >= 4 is 33.6 Å². The van der Waals surface area contributed by atoms with Crippen molar-refractivity contribution in [2.24, 2.45) is 0 Å². The number of anilines is 1. The van der Waals surface area contributed by atoms with E-state index in [-0.39, 0.29) is 18.4 Å². The molecule has 32 heavy (non-hydrogen) atoms. The molecule has 2 aliphatic rings. The minimum Gasteiger partial charge on any atom is -0.448 e. The molecule has 1 heterocycles. The Morgan fingerprint density at radius 3 is 2.25 bits per heavy atom. The molecule has 1 N–H and O–H groups in total. The van der Waals surface area contributed by atoms with E-state index in [0.717, 1.165) is 10.9 Å². The highest BCUT2D eigenvalue weighted by molar-refractivity contribution is 9.10. The van der Waals surface area contributed by atoms with Gasteiger partial charge in [0.05, 0.1) is 5.69 Å². The summed E-state index contributed by atoms with van der Waals surface area (Å²) < 4.78 is 6.58. The summed E-state index contributed by atoms with van der Waals surface area (Å²) in [4.78, 5) is 27.4. The van der Waals surface area contributed by atoms with Gasteiger partial charge in [-0.15, -0.1) is 0 Å². The van der Waals surface area contributed by atoms with Crippen LogP contribution < -0.4 is 5.32 Å². The van der Waals surface area contributed by atoms with Crippen LogP contribution in [-0.4, -0.2) is 36.1 Å². The largest absolute Gasteiger partial charge is 0.448 e. The van der Waals surface area contributed by atoms with E-state index in [0.29, 0.717) is 18.7 Å². The quantitative estimate of drug-likeness (QED) is 0.502. The van der Waals surface area contributed by atoms with Gasteiger partial charge in [0.1, 0.15) is 12.6 Å². The Labute approximate surface area is 195 Å². The Bertz CT molecular complexity index is 1130. The molecule has 0 saturated carbocycles. The van der Waals surface area contributed by atoms with Crippen molar-refractivity contribution in [2.75, 3.05) is 18.5 Å². The highest BCUT2D eigenvalue weighted by Gasteiger charge is 2.36. The third kappa shape index (κ3) is 3.79. The fraction of sp³-hybridized carbons (Fsp3) is 0.231. The zero-order valence-electron chi connectivity index (χ0n) is 17.5. The molecule has 1 atom stereocenters. The number of likely N-dealkylation sites (tertiary alicyclic amines) is 1. The van der Waals surface area contributed by atoms with E-state index in [4.69, 9.17) is 4.74 Å². The summed E-state index contributed by atoms with van der Waals surface area (Å²) in [5.74, 6) is -0.190. The number of para-hydroxylation sites is 1. The number of nitrogens with zero attached hydrogens (tertiary/aromatic N) is 1. The normalized spacial score (nSPS) is 17.0. The van der Waals surface area contributed by atoms with Crippen molar-refractivity contribution in [2.45, 2.75) is 24.8 Å². The van der Waals surface area contributed by atoms with Crippen LogP contribution in [0.2, 0.25) is 0 Å². The van der Waals surface area contributed by atoms with Crippen LogP contribution in [0, 0.1) is 0 Å². The predicted molar refractivity (Wildman–Crippen MR) is 128 cm³/mol. The molecule has 0 bridgehead atoms. The van der Waals surface area contributed by atoms with Gasteiger partial charge in [-0.05, 0) is 63.2 Å². The van der Waals surface area contributed by atoms with Crippen LogP contribution >= 0.6 is 15.9 Å². The molecule has 1 aliphatic carbocycles. The van der Waals surface area contributed by atoms with E-state index < -0.39 is 12.1 Å². The molecule has 0 spiro atoms. The molecule has 0 unspecified atom stereocenters. The van der Waals surface area contributed by atoms with Gasteiger partial charge in [0.15, 0.2) is 0 Å². The molecule has 6 heteroatoms. The molecule has 0 radical (unpaired) electrons. The van der Waals surface area contributed by atoms with Gasteiger partial charge < -0.3 is 10.1 Å². The van der Waals surface area contributed by atoms with Crippen LogP contribution in [0.4, 0.5) is 10.5 Å². The number of amides is 2. The standard InChI is InChI=1S/C26H23BrN2O3/c27-22-12-5-6-13-23(22)28-25(30)24-14-7-15-29(24)26(31)32-16-21-19-10-3-1-8-17(19)18-9-2-4-11-20(18)21/h1-6,8-13,21,24H,7,14-16H2,(H,28,30)/t24-/m0/s1. The van der Waals surface area contributed by atoms with Crippen molar-refractivity contribution in [3.05, 3.63) is 88.4 Å². The lowest BCUT2D eigenvalue weighted by Gasteiger charge is -2.24. The number of carbonyl (C=O) groups excluding carboxylic acids is 2. The van der Waals surface area contributed by atoms with E-state index in [9.17, 15) is 9.59 Å². The third-order valence-electron chi connectivity index (χ3n) is 6.26. The maximum atomic E-state index is 13.0. The Morgan fingerprint density at radius 2 is 1.56 bits per heavy atom. The maximum Gasteiger partial charge on any atom is 0.410 e. The molecule has 162 valence electrons. The van der Waals surface area contributed by atoms with Gasteiger partial charge in [-0.1, -0.05) is 60.7 Å². The number of carbonyl (C=O) groups is 2. The molecule has 2 amide bonds. The summed E-state index contributed by atoms with van der Waals surface area (Å²) >= 11 is 3.45. The summed E-state index contributed by atoms with van der Waals surface area (Å²) in [5.41, 5.74) is 5.42. The number of benzene rings is 3. The van der Waals surface area contributed by atoms with Crippen LogP contribution in [0.15, 0.2) is 77.3 Å². The molecule has 1 aliphatic heterocycles.